The Hall–Kier alpha value is -1.74. The van der Waals surface area contributed by atoms with E-state index in [0.29, 0.717) is 0 Å². The highest BCUT2D eigenvalue weighted by Crippen LogP contribution is 2.26. The molecule has 3 heteroatoms. The van der Waals surface area contributed by atoms with Crippen LogP contribution in [0.5, 0.6) is 0 Å². The van der Waals surface area contributed by atoms with Crippen LogP contribution in [0.1, 0.15) is 24.0 Å². The minimum Gasteiger partial charge on any atom is -0.392 e. The summed E-state index contributed by atoms with van der Waals surface area (Å²) in [6, 6.07) is 9.90. The zero-order chi connectivity index (χ0) is 11.4. The SMILES string of the molecule is CC(O)C(c1ccccc1)c1cncnc1. The number of aromatic nitrogens is 2. The lowest BCUT2D eigenvalue weighted by atomic mass is 9.89. The molecule has 0 spiro atoms. The average Bonchev–Trinajstić information content (AvgIpc) is 2.31. The summed E-state index contributed by atoms with van der Waals surface area (Å²) in [7, 11) is 0. The summed E-state index contributed by atoms with van der Waals surface area (Å²) >= 11 is 0. The van der Waals surface area contributed by atoms with Gasteiger partial charge in [-0.25, -0.2) is 9.97 Å². The van der Waals surface area contributed by atoms with E-state index >= 15 is 0 Å². The topological polar surface area (TPSA) is 46.0 Å². The number of aliphatic hydroxyl groups excluding tert-OH is 1. The third kappa shape index (κ3) is 2.25. The second-order valence-electron chi connectivity index (χ2n) is 3.80. The first-order chi connectivity index (χ1) is 7.79. The lowest BCUT2D eigenvalue weighted by molar-refractivity contribution is 0.176. The van der Waals surface area contributed by atoms with Gasteiger partial charge in [-0.15, -0.1) is 0 Å². The summed E-state index contributed by atoms with van der Waals surface area (Å²) in [4.78, 5) is 7.98. The van der Waals surface area contributed by atoms with Crippen LogP contribution in [0.3, 0.4) is 0 Å². The minimum absolute atomic E-state index is 0.0672. The predicted molar refractivity (Wildman–Crippen MR) is 62.0 cm³/mol. The first-order valence-electron chi connectivity index (χ1n) is 5.27. The third-order valence-corrected chi connectivity index (χ3v) is 2.58. The number of hydrogen-bond acceptors (Lipinski definition) is 3. The molecule has 16 heavy (non-hydrogen) atoms. The molecule has 0 fully saturated rings. The summed E-state index contributed by atoms with van der Waals surface area (Å²) in [6.07, 6.45) is 4.52. The van der Waals surface area contributed by atoms with Crippen molar-refractivity contribution in [3.63, 3.8) is 0 Å². The van der Waals surface area contributed by atoms with Gasteiger partial charge in [0.15, 0.2) is 0 Å². The Labute approximate surface area is 94.8 Å². The molecule has 1 N–H and O–H groups in total. The fraction of sp³-hybridized carbons (Fsp3) is 0.231. The molecule has 0 aliphatic heterocycles. The Kier molecular flexibility index (Phi) is 3.27. The van der Waals surface area contributed by atoms with Crippen molar-refractivity contribution in [1.29, 1.82) is 0 Å². The second-order valence-corrected chi connectivity index (χ2v) is 3.80. The number of benzene rings is 1. The standard InChI is InChI=1S/C13H14N2O/c1-10(16)13(11-5-3-2-4-6-11)12-7-14-9-15-8-12/h2-10,13,16H,1H3. The molecule has 1 heterocycles. The van der Waals surface area contributed by atoms with Crippen molar-refractivity contribution >= 4 is 0 Å². The Morgan fingerprint density at radius 3 is 2.19 bits per heavy atom. The highest BCUT2D eigenvalue weighted by Gasteiger charge is 2.19. The van der Waals surface area contributed by atoms with Crippen molar-refractivity contribution in [2.45, 2.75) is 18.9 Å². The number of nitrogens with zero attached hydrogens (tertiary/aromatic N) is 2. The molecule has 82 valence electrons. The van der Waals surface area contributed by atoms with Crippen LogP contribution in [-0.2, 0) is 0 Å². The van der Waals surface area contributed by atoms with Crippen molar-refractivity contribution in [3.8, 4) is 0 Å². The molecule has 0 saturated carbocycles. The first-order valence-corrected chi connectivity index (χ1v) is 5.27. The molecular weight excluding hydrogens is 200 g/mol. The quantitative estimate of drug-likeness (QED) is 0.849. The summed E-state index contributed by atoms with van der Waals surface area (Å²) in [5.41, 5.74) is 2.01. The molecule has 2 atom stereocenters. The van der Waals surface area contributed by atoms with E-state index < -0.39 is 6.10 Å². The minimum atomic E-state index is -0.464. The molecule has 3 nitrogen and oxygen atoms in total. The van der Waals surface area contributed by atoms with Crippen LogP contribution in [0, 0.1) is 0 Å². The van der Waals surface area contributed by atoms with E-state index in [2.05, 4.69) is 9.97 Å². The Bertz CT molecular complexity index is 389. The Balaban J connectivity index is 2.40. The zero-order valence-electron chi connectivity index (χ0n) is 9.12. The van der Waals surface area contributed by atoms with Gasteiger partial charge >= 0.3 is 0 Å². The van der Waals surface area contributed by atoms with Gasteiger partial charge in [-0.3, -0.25) is 0 Å². The largest absolute Gasteiger partial charge is 0.392 e. The van der Waals surface area contributed by atoms with Crippen LogP contribution < -0.4 is 0 Å². The Morgan fingerprint density at radius 2 is 1.62 bits per heavy atom. The highest BCUT2D eigenvalue weighted by atomic mass is 16.3. The van der Waals surface area contributed by atoms with E-state index in [4.69, 9.17) is 0 Å². The van der Waals surface area contributed by atoms with Gasteiger partial charge in [-0.1, -0.05) is 30.3 Å². The molecule has 0 radical (unpaired) electrons. The maximum absolute atomic E-state index is 9.86. The van der Waals surface area contributed by atoms with Crippen molar-refractivity contribution in [3.05, 3.63) is 60.2 Å². The van der Waals surface area contributed by atoms with Crippen molar-refractivity contribution < 1.29 is 5.11 Å². The van der Waals surface area contributed by atoms with E-state index in [-0.39, 0.29) is 5.92 Å². The van der Waals surface area contributed by atoms with E-state index in [1.807, 2.05) is 30.3 Å². The van der Waals surface area contributed by atoms with Gasteiger partial charge in [0.2, 0.25) is 0 Å². The monoisotopic (exact) mass is 214 g/mol. The zero-order valence-corrected chi connectivity index (χ0v) is 9.12. The van der Waals surface area contributed by atoms with E-state index in [1.165, 1.54) is 6.33 Å². The van der Waals surface area contributed by atoms with Crippen LogP contribution in [-0.4, -0.2) is 21.2 Å². The fourth-order valence-corrected chi connectivity index (χ4v) is 1.88. The van der Waals surface area contributed by atoms with Crippen molar-refractivity contribution in [2.24, 2.45) is 0 Å². The summed E-state index contributed by atoms with van der Waals surface area (Å²) < 4.78 is 0. The van der Waals surface area contributed by atoms with Crippen LogP contribution in [0.25, 0.3) is 0 Å². The maximum atomic E-state index is 9.86. The third-order valence-electron chi connectivity index (χ3n) is 2.58. The lowest BCUT2D eigenvalue weighted by Crippen LogP contribution is -2.16. The molecule has 1 aromatic heterocycles. The molecule has 1 aromatic carbocycles. The molecule has 0 saturated heterocycles. The van der Waals surface area contributed by atoms with Gasteiger partial charge in [0.05, 0.1) is 6.10 Å². The molecule has 0 bridgehead atoms. The van der Waals surface area contributed by atoms with Crippen LogP contribution >= 0.6 is 0 Å². The molecule has 2 unspecified atom stereocenters. The van der Waals surface area contributed by atoms with Crippen LogP contribution in [0.2, 0.25) is 0 Å². The van der Waals surface area contributed by atoms with Gasteiger partial charge in [-0.2, -0.15) is 0 Å². The molecular formula is C13H14N2O. The number of aliphatic hydroxyl groups is 1. The molecule has 2 rings (SSSR count). The van der Waals surface area contributed by atoms with Gasteiger partial charge in [-0.05, 0) is 18.1 Å². The molecule has 0 aliphatic rings. The van der Waals surface area contributed by atoms with Gasteiger partial charge in [0, 0.05) is 18.3 Å². The van der Waals surface area contributed by atoms with E-state index in [0.717, 1.165) is 11.1 Å². The van der Waals surface area contributed by atoms with Crippen molar-refractivity contribution in [2.75, 3.05) is 0 Å². The van der Waals surface area contributed by atoms with Crippen LogP contribution in [0.4, 0.5) is 0 Å². The number of hydrogen-bond donors (Lipinski definition) is 1. The van der Waals surface area contributed by atoms with Gasteiger partial charge in [0.1, 0.15) is 6.33 Å². The first kappa shape index (κ1) is 10.8. The van der Waals surface area contributed by atoms with E-state index in [9.17, 15) is 5.11 Å². The molecule has 0 amide bonds. The maximum Gasteiger partial charge on any atom is 0.115 e. The average molecular weight is 214 g/mol. The fourth-order valence-electron chi connectivity index (χ4n) is 1.88. The second kappa shape index (κ2) is 4.86. The highest BCUT2D eigenvalue weighted by molar-refractivity contribution is 5.30. The molecule has 0 aliphatic carbocycles. The van der Waals surface area contributed by atoms with Crippen LogP contribution in [0.15, 0.2) is 49.1 Å². The van der Waals surface area contributed by atoms with Gasteiger partial charge in [0.25, 0.3) is 0 Å². The van der Waals surface area contributed by atoms with Crippen molar-refractivity contribution in [1.82, 2.24) is 9.97 Å². The lowest BCUT2D eigenvalue weighted by Gasteiger charge is -2.19. The molecule has 2 aromatic rings. The summed E-state index contributed by atoms with van der Waals surface area (Å²) in [5.74, 6) is -0.0672. The number of rotatable bonds is 3. The summed E-state index contributed by atoms with van der Waals surface area (Å²) in [5, 5.41) is 9.86. The summed E-state index contributed by atoms with van der Waals surface area (Å²) in [6.45, 7) is 1.78. The predicted octanol–water partition coefficient (Wildman–Crippen LogP) is 1.99. The van der Waals surface area contributed by atoms with E-state index in [1.54, 1.807) is 19.3 Å². The Morgan fingerprint density at radius 1 is 1.00 bits per heavy atom. The normalized spacial score (nSPS) is 14.4. The van der Waals surface area contributed by atoms with Gasteiger partial charge < -0.3 is 5.11 Å². The smallest absolute Gasteiger partial charge is 0.115 e.